The number of amides is 1. The Balaban J connectivity index is 1.34. The quantitative estimate of drug-likeness (QED) is 0.648. The topological polar surface area (TPSA) is 83.7 Å². The lowest BCUT2D eigenvalue weighted by Crippen LogP contribution is -2.51. The van der Waals surface area contributed by atoms with E-state index in [0.717, 1.165) is 37.1 Å². The predicted molar refractivity (Wildman–Crippen MR) is 118 cm³/mol. The fourth-order valence-corrected chi connectivity index (χ4v) is 7.05. The first-order valence-corrected chi connectivity index (χ1v) is 12.0. The molecule has 0 radical (unpaired) electrons. The lowest BCUT2D eigenvalue weighted by atomic mass is 9.49. The van der Waals surface area contributed by atoms with Crippen LogP contribution in [0.25, 0.3) is 5.65 Å². The van der Waals surface area contributed by atoms with Crippen LogP contribution >= 0.6 is 0 Å². The highest BCUT2D eigenvalue weighted by atomic mass is 16.4. The highest BCUT2D eigenvalue weighted by Crippen LogP contribution is 2.59. The Morgan fingerprint density at radius 2 is 1.87 bits per heavy atom. The molecule has 6 heteroatoms. The number of carboxylic acid groups (broad SMARTS) is 1. The number of unbranched alkanes of at least 4 members (excludes halogenated alkanes) is 1. The molecule has 2 N–H and O–H groups in total. The first kappa shape index (κ1) is 20.5. The third-order valence-electron chi connectivity index (χ3n) is 8.03. The van der Waals surface area contributed by atoms with E-state index >= 15 is 0 Å². The van der Waals surface area contributed by atoms with Gasteiger partial charge in [-0.15, -0.1) is 0 Å². The number of carbonyl (C=O) groups excluding carboxylic acids is 1. The third kappa shape index (κ3) is 3.85. The van der Waals surface area contributed by atoms with Crippen molar-refractivity contribution in [2.24, 2.45) is 23.2 Å². The molecule has 0 aliphatic heterocycles. The summed E-state index contributed by atoms with van der Waals surface area (Å²) in [7, 11) is 0. The summed E-state index contributed by atoms with van der Waals surface area (Å²) in [4.78, 5) is 29.5. The summed E-state index contributed by atoms with van der Waals surface area (Å²) in [5.74, 6) is 0.995. The molecule has 166 valence electrons. The zero-order valence-electron chi connectivity index (χ0n) is 18.3. The normalized spacial score (nSPS) is 29.9. The van der Waals surface area contributed by atoms with Gasteiger partial charge in [0, 0.05) is 12.7 Å². The average molecular weight is 424 g/mol. The minimum atomic E-state index is -0.857. The van der Waals surface area contributed by atoms with Crippen molar-refractivity contribution >= 4 is 17.5 Å². The van der Waals surface area contributed by atoms with Crippen LogP contribution in [-0.4, -0.2) is 32.9 Å². The zero-order valence-corrected chi connectivity index (χ0v) is 18.3. The molecule has 2 aromatic heterocycles. The van der Waals surface area contributed by atoms with E-state index in [1.807, 2.05) is 12.1 Å². The lowest BCUT2D eigenvalue weighted by molar-refractivity contribution is -0.139. The van der Waals surface area contributed by atoms with Gasteiger partial charge in [0.15, 0.2) is 0 Å². The summed E-state index contributed by atoms with van der Waals surface area (Å²) in [6.07, 6.45) is 12.0. The molecule has 2 aromatic rings. The molecular weight excluding hydrogens is 390 g/mol. The zero-order chi connectivity index (χ0) is 21.6. The predicted octanol–water partition coefficient (Wildman–Crippen LogP) is 4.64. The Morgan fingerprint density at radius 3 is 2.48 bits per heavy atom. The van der Waals surface area contributed by atoms with Crippen molar-refractivity contribution in [2.75, 3.05) is 6.54 Å². The minimum absolute atomic E-state index is 0.0919. The van der Waals surface area contributed by atoms with Gasteiger partial charge in [0.1, 0.15) is 17.3 Å². The van der Waals surface area contributed by atoms with E-state index in [2.05, 4.69) is 17.2 Å². The molecule has 6 rings (SSSR count). The number of aliphatic carboxylic acids is 1. The van der Waals surface area contributed by atoms with Crippen LogP contribution in [0.5, 0.6) is 0 Å². The van der Waals surface area contributed by atoms with Crippen molar-refractivity contribution in [1.29, 1.82) is 0 Å². The number of nitrogens with one attached hydrogen (secondary N) is 1. The summed E-state index contributed by atoms with van der Waals surface area (Å²) in [6.45, 7) is 2.80. The van der Waals surface area contributed by atoms with E-state index < -0.39 is 11.9 Å². The van der Waals surface area contributed by atoms with E-state index in [0.29, 0.717) is 23.5 Å². The number of carbonyl (C=O) groups is 2. The van der Waals surface area contributed by atoms with E-state index in [1.54, 1.807) is 16.7 Å². The maximum Gasteiger partial charge on any atom is 0.312 e. The molecule has 4 fully saturated rings. The molecular formula is C25H33N3O3. The van der Waals surface area contributed by atoms with Gasteiger partial charge in [-0.1, -0.05) is 25.8 Å². The monoisotopic (exact) mass is 423 g/mol. The Labute approximate surface area is 183 Å². The van der Waals surface area contributed by atoms with Crippen LogP contribution in [0, 0.1) is 23.2 Å². The second-order valence-electron chi connectivity index (χ2n) is 10.4. The molecule has 1 amide bonds. The molecule has 0 saturated heterocycles. The number of pyridine rings is 1. The van der Waals surface area contributed by atoms with E-state index in [4.69, 9.17) is 0 Å². The van der Waals surface area contributed by atoms with Crippen LogP contribution in [0.2, 0.25) is 0 Å². The number of carboxylic acids is 1. The highest BCUT2D eigenvalue weighted by molar-refractivity contribution is 5.93. The number of hydrogen-bond donors (Lipinski definition) is 2. The molecule has 0 spiro atoms. The molecule has 4 saturated carbocycles. The van der Waals surface area contributed by atoms with Crippen molar-refractivity contribution in [2.45, 2.75) is 70.6 Å². The Kier molecular flexibility index (Phi) is 5.27. The number of imidazole rings is 1. The molecule has 4 aliphatic rings. The Hall–Kier alpha value is -2.37. The molecule has 4 aliphatic carbocycles. The maximum absolute atomic E-state index is 13.2. The van der Waals surface area contributed by atoms with Gasteiger partial charge in [0.2, 0.25) is 0 Å². The van der Waals surface area contributed by atoms with E-state index in [-0.39, 0.29) is 11.3 Å². The van der Waals surface area contributed by atoms with Gasteiger partial charge >= 0.3 is 5.97 Å². The van der Waals surface area contributed by atoms with Crippen LogP contribution in [0.3, 0.4) is 0 Å². The molecule has 6 nitrogen and oxygen atoms in total. The number of fused-ring (bicyclic) bond motifs is 1. The highest BCUT2D eigenvalue weighted by Gasteiger charge is 2.50. The summed E-state index contributed by atoms with van der Waals surface area (Å²) in [5.41, 5.74) is 1.97. The maximum atomic E-state index is 13.2. The first-order valence-electron chi connectivity index (χ1n) is 12.0. The fraction of sp³-hybridized carbons (Fsp3) is 0.640. The van der Waals surface area contributed by atoms with E-state index in [1.165, 1.54) is 38.5 Å². The number of aromatic nitrogens is 2. The standard InChI is InChI=1S/C25H33N3O3/c1-2-3-5-19(24(30)31)20-14-28-21(6-4-7-22(28)27-20)23(29)26-15-25-11-16-8-17(12-25)10-18(9-16)13-25/h4,6-7,14,16-19H,2-3,5,8-13,15H2,1H3,(H,26,29)(H,30,31). The van der Waals surface area contributed by atoms with Gasteiger partial charge in [-0.25, -0.2) is 4.98 Å². The minimum Gasteiger partial charge on any atom is -0.481 e. The number of nitrogens with zero attached hydrogens (tertiary/aromatic N) is 2. The smallest absolute Gasteiger partial charge is 0.312 e. The summed E-state index contributed by atoms with van der Waals surface area (Å²) >= 11 is 0. The van der Waals surface area contributed by atoms with Crippen molar-refractivity contribution < 1.29 is 14.7 Å². The van der Waals surface area contributed by atoms with Crippen LogP contribution in [0.1, 0.15) is 86.8 Å². The van der Waals surface area contributed by atoms with Gasteiger partial charge in [-0.3, -0.25) is 14.0 Å². The largest absolute Gasteiger partial charge is 0.481 e. The van der Waals surface area contributed by atoms with Crippen LogP contribution in [0.15, 0.2) is 24.4 Å². The van der Waals surface area contributed by atoms with Crippen LogP contribution in [0.4, 0.5) is 0 Å². The second kappa shape index (κ2) is 7.95. The molecule has 31 heavy (non-hydrogen) atoms. The van der Waals surface area contributed by atoms with Crippen molar-refractivity contribution in [1.82, 2.24) is 14.7 Å². The average Bonchev–Trinajstić information content (AvgIpc) is 3.15. The summed E-state index contributed by atoms with van der Waals surface area (Å²) < 4.78 is 1.76. The first-order chi connectivity index (χ1) is 15.0. The molecule has 1 atom stereocenters. The van der Waals surface area contributed by atoms with Crippen molar-refractivity contribution in [3.05, 3.63) is 35.8 Å². The Bertz CT molecular complexity index is 960. The fourth-order valence-electron chi connectivity index (χ4n) is 7.05. The Morgan fingerprint density at radius 1 is 1.19 bits per heavy atom. The second-order valence-corrected chi connectivity index (χ2v) is 10.4. The SMILES string of the molecule is CCCCC(C(=O)O)c1cn2c(C(=O)NCC34CC5CC(CC(C5)C3)C4)cccc2n1. The lowest BCUT2D eigenvalue weighted by Gasteiger charge is -2.56. The number of hydrogen-bond acceptors (Lipinski definition) is 3. The van der Waals surface area contributed by atoms with Gasteiger partial charge in [0.05, 0.1) is 5.69 Å². The molecule has 0 aromatic carbocycles. The third-order valence-corrected chi connectivity index (χ3v) is 8.03. The van der Waals surface area contributed by atoms with Crippen molar-refractivity contribution in [3.63, 3.8) is 0 Å². The van der Waals surface area contributed by atoms with Gasteiger partial charge < -0.3 is 10.4 Å². The van der Waals surface area contributed by atoms with E-state index in [9.17, 15) is 14.7 Å². The van der Waals surface area contributed by atoms with Gasteiger partial charge in [-0.2, -0.15) is 0 Å². The van der Waals surface area contributed by atoms with Gasteiger partial charge in [-0.05, 0) is 80.2 Å². The number of rotatable bonds is 8. The molecule has 2 heterocycles. The van der Waals surface area contributed by atoms with Gasteiger partial charge in [0.25, 0.3) is 5.91 Å². The van der Waals surface area contributed by atoms with Crippen LogP contribution < -0.4 is 5.32 Å². The summed E-state index contributed by atoms with van der Waals surface area (Å²) in [5, 5.41) is 12.9. The molecule has 1 unspecified atom stereocenters. The van der Waals surface area contributed by atoms with Crippen LogP contribution in [-0.2, 0) is 4.79 Å². The summed E-state index contributed by atoms with van der Waals surface area (Å²) in [6, 6.07) is 5.46. The van der Waals surface area contributed by atoms with Crippen molar-refractivity contribution in [3.8, 4) is 0 Å². The molecule has 4 bridgehead atoms.